The molecule has 2 nitrogen and oxygen atoms in total. The number of nitrogens with one attached hydrogen (secondary N) is 1. The van der Waals surface area contributed by atoms with Crippen LogP contribution in [0.3, 0.4) is 0 Å². The summed E-state index contributed by atoms with van der Waals surface area (Å²) in [5.74, 6) is 3.18. The molecule has 1 aliphatic rings. The van der Waals surface area contributed by atoms with Gasteiger partial charge in [0.25, 0.3) is 0 Å². The third-order valence-electron chi connectivity index (χ3n) is 5.00. The number of hydrogen-bond acceptors (Lipinski definition) is 2. The van der Waals surface area contributed by atoms with Gasteiger partial charge in [-0.25, -0.2) is 0 Å². The first-order chi connectivity index (χ1) is 9.35. The van der Waals surface area contributed by atoms with E-state index in [-0.39, 0.29) is 0 Å². The van der Waals surface area contributed by atoms with Crippen molar-refractivity contribution in [3.63, 3.8) is 0 Å². The Hall–Kier alpha value is -0.0800. The second kappa shape index (κ2) is 8.38. The molecule has 0 aliphatic carbocycles. The lowest BCUT2D eigenvalue weighted by Crippen LogP contribution is -2.58. The quantitative estimate of drug-likeness (QED) is 0.759. The third kappa shape index (κ3) is 5.37. The molecule has 0 aromatic rings. The number of rotatable bonds is 7. The maximum absolute atomic E-state index is 3.77. The summed E-state index contributed by atoms with van der Waals surface area (Å²) in [6, 6.07) is 1.43. The van der Waals surface area contributed by atoms with Crippen molar-refractivity contribution in [1.29, 1.82) is 0 Å². The van der Waals surface area contributed by atoms with Crippen LogP contribution >= 0.6 is 0 Å². The third-order valence-corrected chi connectivity index (χ3v) is 5.00. The highest BCUT2D eigenvalue weighted by molar-refractivity contribution is 4.87. The predicted molar refractivity (Wildman–Crippen MR) is 90.1 cm³/mol. The average molecular weight is 283 g/mol. The lowest BCUT2D eigenvalue weighted by molar-refractivity contribution is 0.0766. The largest absolute Gasteiger partial charge is 0.311 e. The van der Waals surface area contributed by atoms with Gasteiger partial charge in [0, 0.05) is 31.7 Å². The Labute approximate surface area is 127 Å². The van der Waals surface area contributed by atoms with Crippen LogP contribution in [-0.2, 0) is 0 Å². The highest BCUT2D eigenvalue weighted by atomic mass is 15.2. The second-order valence-electron chi connectivity index (χ2n) is 7.90. The van der Waals surface area contributed by atoms with Crippen LogP contribution in [0.5, 0.6) is 0 Å². The minimum Gasteiger partial charge on any atom is -0.311 e. The van der Waals surface area contributed by atoms with Gasteiger partial charge < -0.3 is 5.32 Å². The van der Waals surface area contributed by atoms with Gasteiger partial charge in [-0.2, -0.15) is 0 Å². The van der Waals surface area contributed by atoms with Gasteiger partial charge in [0.15, 0.2) is 0 Å². The molecule has 0 aromatic carbocycles. The Morgan fingerprint density at radius 3 is 2.10 bits per heavy atom. The van der Waals surface area contributed by atoms with Gasteiger partial charge in [0.1, 0.15) is 0 Å². The molecule has 2 heteroatoms. The number of piperazine rings is 1. The summed E-state index contributed by atoms with van der Waals surface area (Å²) in [5, 5.41) is 3.77. The standard InChI is InChI=1S/C18H38N2/c1-8-17-10-19-16(9-13(2)3)11-20(17)12-18(14(4)5)15(6)7/h13-19H,8-12H2,1-7H3. The van der Waals surface area contributed by atoms with Gasteiger partial charge in [0.2, 0.25) is 0 Å². The molecule has 1 N–H and O–H groups in total. The highest BCUT2D eigenvalue weighted by Crippen LogP contribution is 2.25. The molecule has 0 bridgehead atoms. The zero-order valence-electron chi connectivity index (χ0n) is 14.9. The van der Waals surface area contributed by atoms with E-state index in [0.717, 1.165) is 29.7 Å². The van der Waals surface area contributed by atoms with Crippen molar-refractivity contribution < 1.29 is 0 Å². The van der Waals surface area contributed by atoms with Crippen molar-refractivity contribution in [2.45, 2.75) is 73.4 Å². The topological polar surface area (TPSA) is 15.3 Å². The summed E-state index contributed by atoms with van der Waals surface area (Å²) < 4.78 is 0. The highest BCUT2D eigenvalue weighted by Gasteiger charge is 2.30. The first-order valence-corrected chi connectivity index (χ1v) is 8.82. The summed E-state index contributed by atoms with van der Waals surface area (Å²) in [6.07, 6.45) is 2.57. The zero-order chi connectivity index (χ0) is 15.3. The zero-order valence-corrected chi connectivity index (χ0v) is 14.9. The van der Waals surface area contributed by atoms with Crippen LogP contribution in [0.25, 0.3) is 0 Å². The Kier molecular flexibility index (Phi) is 7.53. The van der Waals surface area contributed by atoms with E-state index in [1.165, 1.54) is 32.5 Å². The molecule has 0 amide bonds. The average Bonchev–Trinajstić information content (AvgIpc) is 2.34. The second-order valence-corrected chi connectivity index (χ2v) is 7.90. The molecule has 1 aliphatic heterocycles. The van der Waals surface area contributed by atoms with E-state index in [1.54, 1.807) is 0 Å². The van der Waals surface area contributed by atoms with E-state index in [2.05, 4.69) is 58.7 Å². The van der Waals surface area contributed by atoms with Crippen LogP contribution in [0, 0.1) is 23.7 Å². The Balaban J connectivity index is 2.65. The molecular weight excluding hydrogens is 244 g/mol. The van der Waals surface area contributed by atoms with Crippen LogP contribution in [0.4, 0.5) is 0 Å². The van der Waals surface area contributed by atoms with Crippen molar-refractivity contribution >= 4 is 0 Å². The van der Waals surface area contributed by atoms with E-state index in [1.807, 2.05) is 0 Å². The Morgan fingerprint density at radius 1 is 1.05 bits per heavy atom. The fraction of sp³-hybridized carbons (Fsp3) is 1.00. The van der Waals surface area contributed by atoms with E-state index in [0.29, 0.717) is 6.04 Å². The monoisotopic (exact) mass is 282 g/mol. The Bertz CT molecular complexity index is 252. The molecule has 2 unspecified atom stereocenters. The first kappa shape index (κ1) is 18.0. The summed E-state index contributed by atoms with van der Waals surface area (Å²) >= 11 is 0. The molecule has 1 fully saturated rings. The van der Waals surface area contributed by atoms with E-state index in [4.69, 9.17) is 0 Å². The molecule has 1 saturated heterocycles. The fourth-order valence-electron chi connectivity index (χ4n) is 3.74. The first-order valence-electron chi connectivity index (χ1n) is 8.82. The minimum absolute atomic E-state index is 0.692. The summed E-state index contributed by atoms with van der Waals surface area (Å²) in [6.45, 7) is 20.3. The van der Waals surface area contributed by atoms with Crippen LogP contribution in [0.1, 0.15) is 61.3 Å². The van der Waals surface area contributed by atoms with Crippen molar-refractivity contribution in [3.8, 4) is 0 Å². The SMILES string of the molecule is CCC1CNC(CC(C)C)CN1CC(C(C)C)C(C)C. The van der Waals surface area contributed by atoms with Crippen molar-refractivity contribution in [2.75, 3.05) is 19.6 Å². The van der Waals surface area contributed by atoms with Crippen LogP contribution in [-0.4, -0.2) is 36.6 Å². The van der Waals surface area contributed by atoms with Crippen molar-refractivity contribution in [3.05, 3.63) is 0 Å². The molecule has 1 heterocycles. The van der Waals surface area contributed by atoms with Gasteiger partial charge in [-0.1, -0.05) is 48.5 Å². The van der Waals surface area contributed by atoms with Crippen molar-refractivity contribution in [2.24, 2.45) is 23.7 Å². The summed E-state index contributed by atoms with van der Waals surface area (Å²) in [7, 11) is 0. The predicted octanol–water partition coefficient (Wildman–Crippen LogP) is 4.01. The van der Waals surface area contributed by atoms with Crippen LogP contribution < -0.4 is 5.32 Å². The molecule has 20 heavy (non-hydrogen) atoms. The molecule has 2 atom stereocenters. The number of nitrogens with zero attached hydrogens (tertiary/aromatic N) is 1. The van der Waals surface area contributed by atoms with E-state index in [9.17, 15) is 0 Å². The summed E-state index contributed by atoms with van der Waals surface area (Å²) in [4.78, 5) is 2.79. The molecule has 120 valence electrons. The summed E-state index contributed by atoms with van der Waals surface area (Å²) in [5.41, 5.74) is 0. The lowest BCUT2D eigenvalue weighted by atomic mass is 9.84. The molecular formula is C18H38N2. The normalized spacial score (nSPS) is 25.4. The Morgan fingerprint density at radius 2 is 1.65 bits per heavy atom. The van der Waals surface area contributed by atoms with Gasteiger partial charge in [0.05, 0.1) is 0 Å². The molecule has 1 rings (SSSR count). The maximum atomic E-state index is 3.77. The van der Waals surface area contributed by atoms with Gasteiger partial charge >= 0.3 is 0 Å². The lowest BCUT2D eigenvalue weighted by Gasteiger charge is -2.43. The molecule has 0 saturated carbocycles. The van der Waals surface area contributed by atoms with Gasteiger partial charge in [-0.3, -0.25) is 4.90 Å². The van der Waals surface area contributed by atoms with E-state index >= 15 is 0 Å². The fourth-order valence-corrected chi connectivity index (χ4v) is 3.74. The molecule has 0 spiro atoms. The van der Waals surface area contributed by atoms with Crippen LogP contribution in [0.2, 0.25) is 0 Å². The van der Waals surface area contributed by atoms with Crippen molar-refractivity contribution in [1.82, 2.24) is 10.2 Å². The number of hydrogen-bond donors (Lipinski definition) is 1. The van der Waals surface area contributed by atoms with Gasteiger partial charge in [-0.05, 0) is 36.5 Å². The smallest absolute Gasteiger partial charge is 0.0218 e. The van der Waals surface area contributed by atoms with Crippen LogP contribution in [0.15, 0.2) is 0 Å². The molecule has 0 aromatic heterocycles. The van der Waals surface area contributed by atoms with E-state index < -0.39 is 0 Å². The maximum Gasteiger partial charge on any atom is 0.0218 e. The molecule has 0 radical (unpaired) electrons. The van der Waals surface area contributed by atoms with Gasteiger partial charge in [-0.15, -0.1) is 0 Å². The minimum atomic E-state index is 0.692.